The van der Waals surface area contributed by atoms with Crippen LogP contribution in [0.3, 0.4) is 0 Å². The van der Waals surface area contributed by atoms with E-state index in [2.05, 4.69) is 13.8 Å². The lowest BCUT2D eigenvalue weighted by Gasteiger charge is -2.10. The summed E-state index contributed by atoms with van der Waals surface area (Å²) in [6.45, 7) is 4.44. The molecular weight excluding hydrogens is 176 g/mol. The van der Waals surface area contributed by atoms with Gasteiger partial charge >= 0.3 is 0 Å². The second kappa shape index (κ2) is 8.73. The zero-order valence-electron chi connectivity index (χ0n) is 7.61. The molecular formula is C9H19ClS. The van der Waals surface area contributed by atoms with Crippen LogP contribution in [0.5, 0.6) is 0 Å². The topological polar surface area (TPSA) is 0 Å². The van der Waals surface area contributed by atoms with Gasteiger partial charge in [-0.1, -0.05) is 20.3 Å². The van der Waals surface area contributed by atoms with Crippen LogP contribution in [0.1, 0.15) is 33.1 Å². The second-order valence-electron chi connectivity index (χ2n) is 2.79. The van der Waals surface area contributed by atoms with E-state index in [4.69, 9.17) is 11.6 Å². The van der Waals surface area contributed by atoms with Crippen molar-refractivity contribution in [1.29, 1.82) is 0 Å². The minimum absolute atomic E-state index is 0.765. The maximum Gasteiger partial charge on any atom is 0.0252 e. The molecule has 0 nitrogen and oxygen atoms in total. The van der Waals surface area contributed by atoms with Crippen LogP contribution in [-0.4, -0.2) is 17.4 Å². The molecule has 0 aromatic heterocycles. The molecule has 0 radical (unpaired) electrons. The summed E-state index contributed by atoms with van der Waals surface area (Å²) in [6.07, 6.45) is 3.87. The molecule has 0 aromatic rings. The van der Waals surface area contributed by atoms with Crippen molar-refractivity contribution in [3.8, 4) is 0 Å². The molecule has 0 bridgehead atoms. The van der Waals surface area contributed by atoms with Crippen LogP contribution in [0, 0.1) is 5.92 Å². The molecule has 0 aliphatic carbocycles. The van der Waals surface area contributed by atoms with Crippen LogP contribution in [-0.2, 0) is 0 Å². The predicted molar refractivity (Wildman–Crippen MR) is 56.7 cm³/mol. The van der Waals surface area contributed by atoms with Gasteiger partial charge in [0, 0.05) is 5.88 Å². The van der Waals surface area contributed by atoms with Gasteiger partial charge in [0.25, 0.3) is 0 Å². The molecule has 0 aliphatic rings. The average Bonchev–Trinajstić information content (AvgIpc) is 2.03. The Balaban J connectivity index is 3.20. The lowest BCUT2D eigenvalue weighted by molar-refractivity contribution is 0.518. The van der Waals surface area contributed by atoms with Gasteiger partial charge < -0.3 is 0 Å². The Bertz CT molecular complexity index is 76.0. The molecule has 0 aliphatic heterocycles. The van der Waals surface area contributed by atoms with E-state index in [1.165, 1.54) is 30.8 Å². The Labute approximate surface area is 80.1 Å². The average molecular weight is 195 g/mol. The third kappa shape index (κ3) is 7.02. The molecule has 11 heavy (non-hydrogen) atoms. The Morgan fingerprint density at radius 2 is 2.00 bits per heavy atom. The third-order valence-corrected chi connectivity index (χ3v) is 3.16. The first-order valence-corrected chi connectivity index (χ1v) is 6.17. The molecule has 0 aromatic carbocycles. The number of hydrogen-bond acceptors (Lipinski definition) is 1. The van der Waals surface area contributed by atoms with Gasteiger partial charge in [-0.2, -0.15) is 11.8 Å². The molecule has 1 atom stereocenters. The number of thioether (sulfide) groups is 1. The van der Waals surface area contributed by atoms with Crippen LogP contribution in [0.2, 0.25) is 0 Å². The Hall–Kier alpha value is 0.640. The molecule has 0 saturated heterocycles. The van der Waals surface area contributed by atoms with Gasteiger partial charge in [-0.05, 0) is 30.3 Å². The van der Waals surface area contributed by atoms with Crippen molar-refractivity contribution in [3.05, 3.63) is 0 Å². The first kappa shape index (κ1) is 11.6. The van der Waals surface area contributed by atoms with E-state index in [9.17, 15) is 0 Å². The van der Waals surface area contributed by atoms with E-state index in [1.807, 2.05) is 11.8 Å². The Kier molecular flexibility index (Phi) is 9.24. The van der Waals surface area contributed by atoms with Crippen molar-refractivity contribution < 1.29 is 0 Å². The quantitative estimate of drug-likeness (QED) is 0.439. The number of rotatable bonds is 7. The largest absolute Gasteiger partial charge is 0.162 e. The molecule has 0 fully saturated rings. The van der Waals surface area contributed by atoms with Gasteiger partial charge in [0.2, 0.25) is 0 Å². The second-order valence-corrected chi connectivity index (χ2v) is 4.50. The molecule has 1 unspecified atom stereocenters. The zero-order valence-corrected chi connectivity index (χ0v) is 9.18. The maximum atomic E-state index is 5.82. The standard InChI is InChI=1S/C9H19ClS/c1-3-5-9(8-10)6-7-11-4-2/h9H,3-8H2,1-2H3. The minimum Gasteiger partial charge on any atom is -0.162 e. The lowest BCUT2D eigenvalue weighted by atomic mass is 10.0. The van der Waals surface area contributed by atoms with Gasteiger partial charge in [0.05, 0.1) is 0 Å². The van der Waals surface area contributed by atoms with Crippen LogP contribution in [0.25, 0.3) is 0 Å². The van der Waals surface area contributed by atoms with Crippen LogP contribution >= 0.6 is 23.4 Å². The van der Waals surface area contributed by atoms with Gasteiger partial charge in [-0.3, -0.25) is 0 Å². The summed E-state index contributed by atoms with van der Waals surface area (Å²) in [5.74, 6) is 4.13. The SMILES string of the molecule is CCCC(CCl)CCSCC. The van der Waals surface area contributed by atoms with E-state index in [1.54, 1.807) is 0 Å². The minimum atomic E-state index is 0.765. The molecule has 0 amide bonds. The maximum absolute atomic E-state index is 5.82. The highest BCUT2D eigenvalue weighted by atomic mass is 35.5. The van der Waals surface area contributed by atoms with Crippen molar-refractivity contribution in [2.24, 2.45) is 5.92 Å². The van der Waals surface area contributed by atoms with Crippen molar-refractivity contribution in [3.63, 3.8) is 0 Å². The summed E-state index contributed by atoms with van der Waals surface area (Å²) >= 11 is 7.84. The summed E-state index contributed by atoms with van der Waals surface area (Å²) in [7, 11) is 0. The van der Waals surface area contributed by atoms with E-state index in [0.29, 0.717) is 0 Å². The molecule has 0 rings (SSSR count). The fourth-order valence-electron chi connectivity index (χ4n) is 1.10. The van der Waals surface area contributed by atoms with Gasteiger partial charge in [0.1, 0.15) is 0 Å². The highest BCUT2D eigenvalue weighted by molar-refractivity contribution is 7.99. The summed E-state index contributed by atoms with van der Waals surface area (Å²) in [4.78, 5) is 0. The smallest absolute Gasteiger partial charge is 0.0252 e. The van der Waals surface area contributed by atoms with E-state index >= 15 is 0 Å². The van der Waals surface area contributed by atoms with E-state index in [0.717, 1.165) is 11.8 Å². The van der Waals surface area contributed by atoms with Crippen molar-refractivity contribution in [2.45, 2.75) is 33.1 Å². The number of hydrogen-bond donors (Lipinski definition) is 0. The molecule has 68 valence electrons. The summed E-state index contributed by atoms with van der Waals surface area (Å²) in [5.41, 5.74) is 0. The van der Waals surface area contributed by atoms with Gasteiger partial charge in [0.15, 0.2) is 0 Å². The van der Waals surface area contributed by atoms with E-state index in [-0.39, 0.29) is 0 Å². The fourth-order valence-corrected chi connectivity index (χ4v) is 2.20. The van der Waals surface area contributed by atoms with Crippen LogP contribution in [0.4, 0.5) is 0 Å². The monoisotopic (exact) mass is 194 g/mol. The Morgan fingerprint density at radius 3 is 2.45 bits per heavy atom. The number of halogens is 1. The van der Waals surface area contributed by atoms with Crippen LogP contribution < -0.4 is 0 Å². The van der Waals surface area contributed by atoms with Crippen molar-refractivity contribution in [2.75, 3.05) is 17.4 Å². The van der Waals surface area contributed by atoms with Crippen molar-refractivity contribution >= 4 is 23.4 Å². The van der Waals surface area contributed by atoms with Crippen LogP contribution in [0.15, 0.2) is 0 Å². The van der Waals surface area contributed by atoms with Crippen molar-refractivity contribution in [1.82, 2.24) is 0 Å². The highest BCUT2D eigenvalue weighted by Crippen LogP contribution is 2.16. The molecule has 0 N–H and O–H groups in total. The van der Waals surface area contributed by atoms with Gasteiger partial charge in [-0.15, -0.1) is 11.6 Å². The lowest BCUT2D eigenvalue weighted by Crippen LogP contribution is -2.03. The highest BCUT2D eigenvalue weighted by Gasteiger charge is 2.04. The number of alkyl halides is 1. The zero-order chi connectivity index (χ0) is 8.53. The summed E-state index contributed by atoms with van der Waals surface area (Å²) < 4.78 is 0. The molecule has 0 spiro atoms. The first-order valence-electron chi connectivity index (χ1n) is 4.48. The van der Waals surface area contributed by atoms with E-state index < -0.39 is 0 Å². The third-order valence-electron chi connectivity index (χ3n) is 1.79. The van der Waals surface area contributed by atoms with Gasteiger partial charge in [-0.25, -0.2) is 0 Å². The predicted octanol–water partition coefficient (Wildman–Crippen LogP) is 3.78. The first-order chi connectivity index (χ1) is 5.35. The molecule has 0 heterocycles. The summed E-state index contributed by atoms with van der Waals surface area (Å²) in [5, 5.41) is 0. The Morgan fingerprint density at radius 1 is 1.27 bits per heavy atom. The molecule has 2 heteroatoms. The summed E-state index contributed by atoms with van der Waals surface area (Å²) in [6, 6.07) is 0. The molecule has 0 saturated carbocycles. The fraction of sp³-hybridized carbons (Fsp3) is 1.00. The normalized spacial score (nSPS) is 13.4.